The molecular weight excluding hydrogens is 286 g/mol. The molecule has 0 bridgehead atoms. The summed E-state index contributed by atoms with van der Waals surface area (Å²) >= 11 is 5.26. The van der Waals surface area contributed by atoms with Crippen molar-refractivity contribution in [3.05, 3.63) is 34.4 Å². The maximum absolute atomic E-state index is 10.9. The summed E-state index contributed by atoms with van der Waals surface area (Å²) in [5, 5.41) is 1.20. The zero-order chi connectivity index (χ0) is 11.3. The fraction of sp³-hybridized carbons (Fsp3) is 0.0833. The lowest BCUT2D eigenvalue weighted by atomic mass is 10.2. The Hall–Kier alpha value is -1.13. The molecule has 0 unspecified atom stereocenters. The van der Waals surface area contributed by atoms with Gasteiger partial charge in [-0.1, -0.05) is 12.1 Å². The summed E-state index contributed by atoms with van der Waals surface area (Å²) in [5.41, 5.74) is 1.87. The van der Waals surface area contributed by atoms with Crippen LogP contribution in [0.3, 0.4) is 0 Å². The van der Waals surface area contributed by atoms with E-state index in [4.69, 9.17) is 0 Å². The van der Waals surface area contributed by atoms with E-state index in [-0.39, 0.29) is 0 Å². The molecule has 0 amide bonds. The lowest BCUT2D eigenvalue weighted by Crippen LogP contribution is -1.93. The second kappa shape index (κ2) is 3.43. The van der Waals surface area contributed by atoms with E-state index in [1.165, 1.54) is 10.1 Å². The van der Waals surface area contributed by atoms with Crippen molar-refractivity contribution in [2.75, 3.05) is 0 Å². The minimum absolute atomic E-state index is 0.725. The SMILES string of the molecule is Cn1c(C=O)cc2sc3c(Br)cccc3c21. The number of hydrogen-bond donors (Lipinski definition) is 0. The summed E-state index contributed by atoms with van der Waals surface area (Å²) in [4.78, 5) is 10.9. The lowest BCUT2D eigenvalue weighted by molar-refractivity contribution is 0.111. The molecule has 3 aromatic rings. The number of aldehydes is 1. The van der Waals surface area contributed by atoms with Crippen LogP contribution in [0.5, 0.6) is 0 Å². The largest absolute Gasteiger partial charge is 0.340 e. The van der Waals surface area contributed by atoms with Crippen LogP contribution in [-0.2, 0) is 7.05 Å². The predicted molar refractivity (Wildman–Crippen MR) is 71.4 cm³/mol. The number of benzene rings is 1. The summed E-state index contributed by atoms with van der Waals surface area (Å²) in [6.07, 6.45) is 0.899. The van der Waals surface area contributed by atoms with E-state index < -0.39 is 0 Å². The smallest absolute Gasteiger partial charge is 0.166 e. The molecule has 16 heavy (non-hydrogen) atoms. The molecule has 1 aromatic carbocycles. The van der Waals surface area contributed by atoms with Crippen molar-refractivity contribution in [2.45, 2.75) is 0 Å². The molecule has 0 saturated carbocycles. The first kappa shape index (κ1) is 10.1. The molecule has 2 nitrogen and oxygen atoms in total. The van der Waals surface area contributed by atoms with Gasteiger partial charge in [-0.05, 0) is 28.1 Å². The normalized spacial score (nSPS) is 11.4. The summed E-state index contributed by atoms with van der Waals surface area (Å²) in [7, 11) is 1.93. The summed E-state index contributed by atoms with van der Waals surface area (Å²) in [5.74, 6) is 0. The molecule has 3 rings (SSSR count). The molecule has 2 aromatic heterocycles. The number of aromatic nitrogens is 1. The molecule has 0 N–H and O–H groups in total. The third-order valence-corrected chi connectivity index (χ3v) is 4.89. The van der Waals surface area contributed by atoms with Gasteiger partial charge in [0.05, 0.1) is 20.6 Å². The van der Waals surface area contributed by atoms with Crippen LogP contribution in [-0.4, -0.2) is 10.9 Å². The van der Waals surface area contributed by atoms with Crippen molar-refractivity contribution in [1.29, 1.82) is 0 Å². The van der Waals surface area contributed by atoms with E-state index in [0.29, 0.717) is 0 Å². The number of hydrogen-bond acceptors (Lipinski definition) is 2. The number of thiophene rings is 1. The molecule has 2 heterocycles. The molecule has 0 fully saturated rings. The Morgan fingerprint density at radius 1 is 1.44 bits per heavy atom. The fourth-order valence-corrected chi connectivity index (χ4v) is 3.80. The van der Waals surface area contributed by atoms with Crippen molar-refractivity contribution in [3.63, 3.8) is 0 Å². The summed E-state index contributed by atoms with van der Waals surface area (Å²) < 4.78 is 5.46. The first-order chi connectivity index (χ1) is 7.72. The zero-order valence-corrected chi connectivity index (χ0v) is 10.9. The van der Waals surface area contributed by atoms with Gasteiger partial charge in [-0.15, -0.1) is 11.3 Å². The predicted octanol–water partition coefficient (Wildman–Crippen LogP) is 3.97. The van der Waals surface area contributed by atoms with Gasteiger partial charge >= 0.3 is 0 Å². The first-order valence-corrected chi connectivity index (χ1v) is 6.45. The second-order valence-corrected chi connectivity index (χ2v) is 5.58. The third-order valence-electron chi connectivity index (χ3n) is 2.79. The minimum atomic E-state index is 0.725. The highest BCUT2D eigenvalue weighted by atomic mass is 79.9. The Balaban J connectivity index is 2.56. The second-order valence-electron chi connectivity index (χ2n) is 3.68. The van der Waals surface area contributed by atoms with Gasteiger partial charge in [0.25, 0.3) is 0 Å². The number of halogens is 1. The molecule has 4 heteroatoms. The Morgan fingerprint density at radius 2 is 2.25 bits per heavy atom. The summed E-state index contributed by atoms with van der Waals surface area (Å²) in [6, 6.07) is 8.09. The number of carbonyl (C=O) groups is 1. The third kappa shape index (κ3) is 1.20. The van der Waals surface area contributed by atoms with Gasteiger partial charge in [0, 0.05) is 16.9 Å². The average molecular weight is 294 g/mol. The Bertz CT molecular complexity index is 711. The summed E-state index contributed by atoms with van der Waals surface area (Å²) in [6.45, 7) is 0. The van der Waals surface area contributed by atoms with Gasteiger partial charge in [0.2, 0.25) is 0 Å². The van der Waals surface area contributed by atoms with Crippen LogP contribution in [0.15, 0.2) is 28.7 Å². The van der Waals surface area contributed by atoms with Crippen LogP contribution >= 0.6 is 27.3 Å². The monoisotopic (exact) mass is 293 g/mol. The molecule has 0 spiro atoms. The number of aryl methyl sites for hydroxylation is 1. The van der Waals surface area contributed by atoms with Crippen molar-refractivity contribution in [1.82, 2.24) is 4.57 Å². The highest BCUT2D eigenvalue weighted by molar-refractivity contribution is 9.10. The van der Waals surface area contributed by atoms with Crippen molar-refractivity contribution in [2.24, 2.45) is 7.05 Å². The van der Waals surface area contributed by atoms with Gasteiger partial charge in [0.15, 0.2) is 6.29 Å². The Labute approximate surface area is 105 Å². The Kier molecular flexibility index (Phi) is 2.16. The molecule has 0 atom stereocenters. The zero-order valence-electron chi connectivity index (χ0n) is 8.53. The molecule has 0 saturated heterocycles. The average Bonchev–Trinajstić information content (AvgIpc) is 2.77. The molecule has 0 aliphatic heterocycles. The van der Waals surface area contributed by atoms with E-state index in [1.54, 1.807) is 11.3 Å². The molecule has 0 aliphatic carbocycles. The quantitative estimate of drug-likeness (QED) is 0.622. The van der Waals surface area contributed by atoms with Gasteiger partial charge in [-0.3, -0.25) is 4.79 Å². The molecule has 0 aliphatic rings. The van der Waals surface area contributed by atoms with Crippen molar-refractivity contribution >= 4 is 53.9 Å². The molecular formula is C12H8BrNOS. The van der Waals surface area contributed by atoms with E-state index in [9.17, 15) is 4.79 Å². The number of nitrogens with zero attached hydrogens (tertiary/aromatic N) is 1. The van der Waals surface area contributed by atoms with Gasteiger partial charge in [-0.25, -0.2) is 0 Å². The van der Waals surface area contributed by atoms with Gasteiger partial charge in [-0.2, -0.15) is 0 Å². The molecule has 80 valence electrons. The highest BCUT2D eigenvalue weighted by Gasteiger charge is 2.13. The maximum atomic E-state index is 10.9. The van der Waals surface area contributed by atoms with E-state index in [0.717, 1.165) is 26.7 Å². The fourth-order valence-electron chi connectivity index (χ4n) is 2.01. The van der Waals surface area contributed by atoms with Crippen LogP contribution in [0, 0.1) is 0 Å². The lowest BCUT2D eigenvalue weighted by Gasteiger charge is -1.98. The van der Waals surface area contributed by atoms with Gasteiger partial charge < -0.3 is 4.57 Å². The first-order valence-electron chi connectivity index (χ1n) is 4.84. The van der Waals surface area contributed by atoms with Crippen LogP contribution < -0.4 is 0 Å². The van der Waals surface area contributed by atoms with Crippen molar-refractivity contribution < 1.29 is 4.79 Å². The van der Waals surface area contributed by atoms with Crippen LogP contribution in [0.2, 0.25) is 0 Å². The van der Waals surface area contributed by atoms with Crippen LogP contribution in [0.4, 0.5) is 0 Å². The molecule has 0 radical (unpaired) electrons. The topological polar surface area (TPSA) is 22.0 Å². The van der Waals surface area contributed by atoms with Crippen LogP contribution in [0.1, 0.15) is 10.5 Å². The van der Waals surface area contributed by atoms with Gasteiger partial charge in [0.1, 0.15) is 0 Å². The minimum Gasteiger partial charge on any atom is -0.340 e. The number of fused-ring (bicyclic) bond motifs is 3. The van der Waals surface area contributed by atoms with Crippen molar-refractivity contribution in [3.8, 4) is 0 Å². The standard InChI is InChI=1S/C12H8BrNOS/c1-14-7(6-15)5-10-11(14)8-3-2-4-9(13)12(8)16-10/h2-6H,1H3. The van der Waals surface area contributed by atoms with E-state index in [2.05, 4.69) is 22.0 Å². The Morgan fingerprint density at radius 3 is 3.00 bits per heavy atom. The maximum Gasteiger partial charge on any atom is 0.166 e. The number of rotatable bonds is 1. The van der Waals surface area contributed by atoms with E-state index in [1.807, 2.05) is 29.8 Å². The number of carbonyl (C=O) groups excluding carboxylic acids is 1. The van der Waals surface area contributed by atoms with E-state index >= 15 is 0 Å². The van der Waals surface area contributed by atoms with Crippen LogP contribution in [0.25, 0.3) is 20.3 Å². The highest BCUT2D eigenvalue weighted by Crippen LogP contribution is 2.38.